The third-order valence-electron chi connectivity index (χ3n) is 3.31. The number of nitrogens with two attached hydrogens (primary N) is 1. The van der Waals surface area contributed by atoms with E-state index in [9.17, 15) is 0 Å². The largest absolute Gasteiger partial charge is 0.396 e. The van der Waals surface area contributed by atoms with Crippen LogP contribution >= 0.6 is 11.6 Å². The fourth-order valence-electron chi connectivity index (χ4n) is 2.47. The van der Waals surface area contributed by atoms with Gasteiger partial charge in [0.05, 0.1) is 17.6 Å². The average Bonchev–Trinajstić information content (AvgIpc) is 2.80. The summed E-state index contributed by atoms with van der Waals surface area (Å²) in [5.74, 6) is 0. The van der Waals surface area contributed by atoms with Crippen LogP contribution in [0.2, 0.25) is 5.02 Å². The van der Waals surface area contributed by atoms with Crippen molar-refractivity contribution < 1.29 is 0 Å². The maximum absolute atomic E-state index is 6.13. The lowest BCUT2D eigenvalue weighted by molar-refractivity contribution is 0.884. The Morgan fingerprint density at radius 2 is 1.76 bits per heavy atom. The summed E-state index contributed by atoms with van der Waals surface area (Å²) in [5.41, 5.74) is 11.9. The number of hydrogen-bond acceptors (Lipinski definition) is 2. The minimum absolute atomic E-state index is 0.653. The Morgan fingerprint density at radius 1 is 1.05 bits per heavy atom. The van der Waals surface area contributed by atoms with Gasteiger partial charge in [0, 0.05) is 10.6 Å². The van der Waals surface area contributed by atoms with Gasteiger partial charge in [0.2, 0.25) is 0 Å². The maximum Gasteiger partial charge on any atom is 0.116 e. The van der Waals surface area contributed by atoms with Crippen molar-refractivity contribution in [3.8, 4) is 16.9 Å². The zero-order valence-electron chi connectivity index (χ0n) is 12.0. The smallest absolute Gasteiger partial charge is 0.116 e. The van der Waals surface area contributed by atoms with E-state index >= 15 is 0 Å². The van der Waals surface area contributed by atoms with Gasteiger partial charge < -0.3 is 5.73 Å². The molecule has 0 spiro atoms. The van der Waals surface area contributed by atoms with E-state index in [0.29, 0.717) is 10.7 Å². The molecule has 1 heterocycles. The molecule has 0 radical (unpaired) electrons. The molecule has 3 nitrogen and oxygen atoms in total. The lowest BCUT2D eigenvalue weighted by Crippen LogP contribution is -1.94. The van der Waals surface area contributed by atoms with Crippen LogP contribution < -0.4 is 5.73 Å². The monoisotopic (exact) mass is 297 g/mol. The van der Waals surface area contributed by atoms with Crippen LogP contribution in [0.15, 0.2) is 48.7 Å². The van der Waals surface area contributed by atoms with Crippen molar-refractivity contribution in [3.63, 3.8) is 0 Å². The Bertz CT molecular complexity index is 785. The molecule has 0 aliphatic heterocycles. The van der Waals surface area contributed by atoms with Crippen LogP contribution in [0.3, 0.4) is 0 Å². The molecule has 4 heteroatoms. The third-order valence-corrected chi connectivity index (χ3v) is 3.55. The Morgan fingerprint density at radius 3 is 2.43 bits per heavy atom. The summed E-state index contributed by atoms with van der Waals surface area (Å²) in [7, 11) is 0. The van der Waals surface area contributed by atoms with E-state index in [1.54, 1.807) is 4.68 Å². The number of nitrogens with zero attached hydrogens (tertiary/aromatic N) is 2. The fraction of sp³-hybridized carbons (Fsp3) is 0.118. The molecule has 3 aromatic rings. The van der Waals surface area contributed by atoms with Crippen LogP contribution in [-0.2, 0) is 0 Å². The Kier molecular flexibility index (Phi) is 3.43. The second kappa shape index (κ2) is 5.26. The van der Waals surface area contributed by atoms with Crippen LogP contribution in [0.5, 0.6) is 0 Å². The number of aromatic nitrogens is 2. The summed E-state index contributed by atoms with van der Waals surface area (Å²) in [4.78, 5) is 0. The van der Waals surface area contributed by atoms with Gasteiger partial charge in [-0.05, 0) is 44.2 Å². The van der Waals surface area contributed by atoms with E-state index in [2.05, 4.69) is 37.1 Å². The molecule has 106 valence electrons. The number of nitrogen functional groups attached to an aromatic ring is 1. The van der Waals surface area contributed by atoms with Crippen molar-refractivity contribution in [2.75, 3.05) is 5.73 Å². The molecule has 0 amide bonds. The van der Waals surface area contributed by atoms with Crippen molar-refractivity contribution in [2.45, 2.75) is 13.8 Å². The molecular formula is C17H16ClN3. The summed E-state index contributed by atoms with van der Waals surface area (Å²) in [5, 5.41) is 5.28. The van der Waals surface area contributed by atoms with E-state index in [-0.39, 0.29) is 0 Å². The first kappa shape index (κ1) is 13.7. The molecule has 0 bridgehead atoms. The molecule has 1 aromatic heterocycles. The Balaban J connectivity index is 2.09. The van der Waals surface area contributed by atoms with Crippen LogP contribution in [-0.4, -0.2) is 9.78 Å². The van der Waals surface area contributed by atoms with Crippen molar-refractivity contribution in [1.82, 2.24) is 9.78 Å². The highest BCUT2D eigenvalue weighted by molar-refractivity contribution is 6.30. The minimum Gasteiger partial charge on any atom is -0.396 e. The molecule has 0 atom stereocenters. The van der Waals surface area contributed by atoms with Gasteiger partial charge in [-0.1, -0.05) is 34.9 Å². The van der Waals surface area contributed by atoms with Gasteiger partial charge in [0.15, 0.2) is 0 Å². The normalized spacial score (nSPS) is 10.8. The van der Waals surface area contributed by atoms with Gasteiger partial charge in [-0.15, -0.1) is 0 Å². The minimum atomic E-state index is 0.653. The van der Waals surface area contributed by atoms with Crippen molar-refractivity contribution >= 4 is 17.3 Å². The molecule has 2 aromatic carbocycles. The van der Waals surface area contributed by atoms with Crippen LogP contribution in [0.4, 0.5) is 5.69 Å². The molecule has 0 saturated heterocycles. The SMILES string of the molecule is Cc1cc(C)cc(-c2nn(-c3cccc(Cl)c3)cc2N)c1. The van der Waals surface area contributed by atoms with Crippen LogP contribution in [0.25, 0.3) is 16.9 Å². The molecule has 3 rings (SSSR count). The van der Waals surface area contributed by atoms with E-state index in [0.717, 1.165) is 16.9 Å². The van der Waals surface area contributed by atoms with E-state index in [1.165, 1.54) is 11.1 Å². The molecule has 0 aliphatic rings. The zero-order chi connectivity index (χ0) is 15.0. The number of halogens is 1. The van der Waals surface area contributed by atoms with Crippen LogP contribution in [0.1, 0.15) is 11.1 Å². The molecule has 0 saturated carbocycles. The molecule has 21 heavy (non-hydrogen) atoms. The standard InChI is InChI=1S/C17H16ClN3/c1-11-6-12(2)8-13(7-11)17-16(19)10-21(20-17)15-5-3-4-14(18)9-15/h3-10H,19H2,1-2H3. The predicted octanol–water partition coefficient (Wildman–Crippen LogP) is 4.39. The van der Waals surface area contributed by atoms with Crippen molar-refractivity contribution in [2.24, 2.45) is 0 Å². The summed E-state index contributed by atoms with van der Waals surface area (Å²) < 4.78 is 1.76. The Hall–Kier alpha value is -2.26. The highest BCUT2D eigenvalue weighted by atomic mass is 35.5. The lowest BCUT2D eigenvalue weighted by atomic mass is 10.0. The van der Waals surface area contributed by atoms with Gasteiger partial charge in [-0.25, -0.2) is 4.68 Å². The highest BCUT2D eigenvalue weighted by Gasteiger charge is 2.10. The first-order valence-corrected chi connectivity index (χ1v) is 7.10. The number of anilines is 1. The molecular weight excluding hydrogens is 282 g/mol. The van der Waals surface area contributed by atoms with Gasteiger partial charge in [-0.3, -0.25) is 0 Å². The first-order valence-electron chi connectivity index (χ1n) is 6.73. The highest BCUT2D eigenvalue weighted by Crippen LogP contribution is 2.27. The fourth-order valence-corrected chi connectivity index (χ4v) is 2.66. The van der Waals surface area contributed by atoms with Gasteiger partial charge in [-0.2, -0.15) is 5.10 Å². The van der Waals surface area contributed by atoms with Crippen molar-refractivity contribution in [1.29, 1.82) is 0 Å². The summed E-state index contributed by atoms with van der Waals surface area (Å²) >= 11 is 6.03. The van der Waals surface area contributed by atoms with Gasteiger partial charge in [0.1, 0.15) is 5.69 Å². The maximum atomic E-state index is 6.13. The first-order chi connectivity index (χ1) is 10.0. The second-order valence-electron chi connectivity index (χ2n) is 5.23. The Labute approximate surface area is 129 Å². The van der Waals surface area contributed by atoms with E-state index in [1.807, 2.05) is 30.5 Å². The van der Waals surface area contributed by atoms with E-state index in [4.69, 9.17) is 17.3 Å². The van der Waals surface area contributed by atoms with Gasteiger partial charge >= 0.3 is 0 Å². The van der Waals surface area contributed by atoms with Gasteiger partial charge in [0.25, 0.3) is 0 Å². The van der Waals surface area contributed by atoms with Crippen LogP contribution in [0, 0.1) is 13.8 Å². The number of benzene rings is 2. The number of aryl methyl sites for hydroxylation is 2. The second-order valence-corrected chi connectivity index (χ2v) is 5.67. The summed E-state index contributed by atoms with van der Waals surface area (Å²) in [6, 6.07) is 13.9. The summed E-state index contributed by atoms with van der Waals surface area (Å²) in [6.07, 6.45) is 1.82. The topological polar surface area (TPSA) is 43.8 Å². The molecule has 0 fully saturated rings. The molecule has 0 unspecified atom stereocenters. The summed E-state index contributed by atoms with van der Waals surface area (Å²) in [6.45, 7) is 4.14. The lowest BCUT2D eigenvalue weighted by Gasteiger charge is -2.03. The van der Waals surface area contributed by atoms with Crippen molar-refractivity contribution in [3.05, 3.63) is 64.8 Å². The average molecular weight is 298 g/mol. The number of hydrogen-bond donors (Lipinski definition) is 1. The third kappa shape index (κ3) is 2.78. The quantitative estimate of drug-likeness (QED) is 0.762. The predicted molar refractivity (Wildman–Crippen MR) is 87.9 cm³/mol. The molecule has 2 N–H and O–H groups in total. The molecule has 0 aliphatic carbocycles. The zero-order valence-corrected chi connectivity index (χ0v) is 12.7. The number of rotatable bonds is 2. The van der Waals surface area contributed by atoms with E-state index < -0.39 is 0 Å².